The van der Waals surface area contributed by atoms with Gasteiger partial charge >= 0.3 is 0 Å². The zero-order chi connectivity index (χ0) is 11.4. The number of benzene rings is 1. The molecule has 2 rings (SSSR count). The van der Waals surface area contributed by atoms with Gasteiger partial charge < -0.3 is 5.32 Å². The number of thioether (sulfide) groups is 1. The van der Waals surface area contributed by atoms with Crippen LogP contribution in [0.1, 0.15) is 5.69 Å². The third-order valence-corrected chi connectivity index (χ3v) is 3.13. The van der Waals surface area contributed by atoms with Crippen molar-refractivity contribution in [3.8, 4) is 0 Å². The van der Waals surface area contributed by atoms with Crippen LogP contribution in [0, 0.1) is 0 Å². The van der Waals surface area contributed by atoms with Crippen LogP contribution in [0.2, 0.25) is 0 Å². The van der Waals surface area contributed by atoms with E-state index in [1.165, 1.54) is 10.6 Å². The topological polar surface area (TPSA) is 29.9 Å². The van der Waals surface area contributed by atoms with Crippen molar-refractivity contribution in [1.29, 1.82) is 0 Å². The Morgan fingerprint density at radius 3 is 2.81 bits per heavy atom. The first-order chi connectivity index (χ1) is 7.79. The molecule has 4 heteroatoms. The molecule has 1 aromatic carbocycles. The molecule has 0 aliphatic carbocycles. The molecule has 0 bridgehead atoms. The van der Waals surface area contributed by atoms with E-state index in [9.17, 15) is 0 Å². The van der Waals surface area contributed by atoms with Gasteiger partial charge in [-0.05, 0) is 24.5 Å². The van der Waals surface area contributed by atoms with E-state index in [4.69, 9.17) is 0 Å². The van der Waals surface area contributed by atoms with Crippen LogP contribution in [0.5, 0.6) is 0 Å². The summed E-state index contributed by atoms with van der Waals surface area (Å²) in [5, 5.41) is 7.73. The predicted octanol–water partition coefficient (Wildman–Crippen LogP) is 2.75. The molecule has 0 saturated carbocycles. The van der Waals surface area contributed by atoms with E-state index in [-0.39, 0.29) is 0 Å². The molecule has 0 unspecified atom stereocenters. The minimum absolute atomic E-state index is 0.762. The van der Waals surface area contributed by atoms with Crippen LogP contribution in [0.4, 0.5) is 5.69 Å². The lowest BCUT2D eigenvalue weighted by atomic mass is 10.3. The van der Waals surface area contributed by atoms with E-state index in [0.29, 0.717) is 0 Å². The van der Waals surface area contributed by atoms with E-state index in [1.807, 2.05) is 30.1 Å². The van der Waals surface area contributed by atoms with Crippen LogP contribution in [0.3, 0.4) is 0 Å². The maximum absolute atomic E-state index is 4.33. The fourth-order valence-electron chi connectivity index (χ4n) is 1.53. The number of aromatic nitrogens is 2. The normalized spacial score (nSPS) is 10.4. The summed E-state index contributed by atoms with van der Waals surface area (Å²) in [4.78, 5) is 1.26. The number of hydrogen-bond donors (Lipinski definition) is 1. The molecule has 3 nitrogen and oxygen atoms in total. The molecule has 1 N–H and O–H groups in total. The Hall–Kier alpha value is -1.42. The highest BCUT2D eigenvalue weighted by Gasteiger charge is 2.01. The second-order valence-electron chi connectivity index (χ2n) is 3.53. The van der Waals surface area contributed by atoms with Crippen LogP contribution in [0.15, 0.2) is 41.4 Å². The molecule has 0 saturated heterocycles. The van der Waals surface area contributed by atoms with Crippen LogP contribution < -0.4 is 5.32 Å². The standard InChI is InChI=1S/C12H15N3S/c1-15-8-7-10(14-15)9-13-11-5-3-4-6-12(11)16-2/h3-8,13H,9H2,1-2H3. The predicted molar refractivity (Wildman–Crippen MR) is 68.8 cm³/mol. The van der Waals surface area contributed by atoms with Crippen LogP contribution >= 0.6 is 11.8 Å². The lowest BCUT2D eigenvalue weighted by Gasteiger charge is -2.08. The molecule has 1 heterocycles. The van der Waals surface area contributed by atoms with Gasteiger partial charge in [0.25, 0.3) is 0 Å². The van der Waals surface area contributed by atoms with Crippen LogP contribution in [-0.4, -0.2) is 16.0 Å². The molecule has 84 valence electrons. The molecule has 0 aliphatic heterocycles. The smallest absolute Gasteiger partial charge is 0.0815 e. The first-order valence-electron chi connectivity index (χ1n) is 5.15. The molecule has 0 fully saturated rings. The fraction of sp³-hybridized carbons (Fsp3) is 0.250. The average molecular weight is 233 g/mol. The van der Waals surface area contributed by atoms with E-state index < -0.39 is 0 Å². The summed E-state index contributed by atoms with van der Waals surface area (Å²) in [6, 6.07) is 10.3. The van der Waals surface area contributed by atoms with Crippen LogP contribution in [-0.2, 0) is 13.6 Å². The first kappa shape index (κ1) is 11.1. The Morgan fingerprint density at radius 2 is 2.12 bits per heavy atom. The third-order valence-electron chi connectivity index (χ3n) is 2.34. The molecular formula is C12H15N3S. The summed E-state index contributed by atoms with van der Waals surface area (Å²) in [5.41, 5.74) is 2.22. The minimum Gasteiger partial charge on any atom is -0.378 e. The highest BCUT2D eigenvalue weighted by atomic mass is 32.2. The van der Waals surface area contributed by atoms with E-state index in [2.05, 4.69) is 34.9 Å². The highest BCUT2D eigenvalue weighted by molar-refractivity contribution is 7.98. The Bertz CT molecular complexity index is 465. The van der Waals surface area contributed by atoms with Crippen molar-refractivity contribution in [1.82, 2.24) is 9.78 Å². The second-order valence-corrected chi connectivity index (χ2v) is 4.38. The molecule has 1 aromatic heterocycles. The van der Waals surface area contributed by atoms with Gasteiger partial charge in [-0.2, -0.15) is 5.10 Å². The minimum atomic E-state index is 0.762. The zero-order valence-corrected chi connectivity index (χ0v) is 10.3. The Balaban J connectivity index is 2.04. The molecule has 0 radical (unpaired) electrons. The van der Waals surface area contributed by atoms with Gasteiger partial charge in [0, 0.05) is 23.8 Å². The number of anilines is 1. The number of hydrogen-bond acceptors (Lipinski definition) is 3. The van der Waals surface area contributed by atoms with Gasteiger partial charge in [-0.15, -0.1) is 11.8 Å². The van der Waals surface area contributed by atoms with Gasteiger partial charge in [-0.25, -0.2) is 0 Å². The largest absolute Gasteiger partial charge is 0.378 e. The van der Waals surface area contributed by atoms with Crippen molar-refractivity contribution < 1.29 is 0 Å². The fourth-order valence-corrected chi connectivity index (χ4v) is 2.11. The molecule has 0 spiro atoms. The molecule has 0 aliphatic rings. The van der Waals surface area contributed by atoms with Crippen molar-refractivity contribution in [2.75, 3.05) is 11.6 Å². The maximum atomic E-state index is 4.33. The summed E-state index contributed by atoms with van der Waals surface area (Å²) >= 11 is 1.75. The van der Waals surface area contributed by atoms with Gasteiger partial charge in [0.1, 0.15) is 0 Å². The quantitative estimate of drug-likeness (QED) is 0.824. The summed E-state index contributed by atoms with van der Waals surface area (Å²) in [5.74, 6) is 0. The van der Waals surface area contributed by atoms with Crippen molar-refractivity contribution >= 4 is 17.4 Å². The maximum Gasteiger partial charge on any atom is 0.0815 e. The Morgan fingerprint density at radius 1 is 1.31 bits per heavy atom. The Kier molecular flexibility index (Phi) is 3.51. The molecule has 0 atom stereocenters. The van der Waals surface area contributed by atoms with Crippen molar-refractivity contribution in [2.24, 2.45) is 7.05 Å². The lowest BCUT2D eigenvalue weighted by Crippen LogP contribution is -2.01. The van der Waals surface area contributed by atoms with Gasteiger partial charge in [-0.1, -0.05) is 12.1 Å². The summed E-state index contributed by atoms with van der Waals surface area (Å²) in [7, 11) is 1.93. The SMILES string of the molecule is CSc1ccccc1NCc1ccn(C)n1. The summed E-state index contributed by atoms with van der Waals surface area (Å²) in [6.07, 6.45) is 4.04. The summed E-state index contributed by atoms with van der Waals surface area (Å²) in [6.45, 7) is 0.762. The van der Waals surface area contributed by atoms with Crippen molar-refractivity contribution in [3.05, 3.63) is 42.2 Å². The Labute approximate surface area is 99.9 Å². The van der Waals surface area contributed by atoms with E-state index in [0.717, 1.165) is 12.2 Å². The van der Waals surface area contributed by atoms with E-state index in [1.54, 1.807) is 11.8 Å². The number of nitrogens with one attached hydrogen (secondary N) is 1. The third kappa shape index (κ3) is 2.58. The average Bonchev–Trinajstić information content (AvgIpc) is 2.73. The van der Waals surface area contributed by atoms with Crippen molar-refractivity contribution in [2.45, 2.75) is 11.4 Å². The number of rotatable bonds is 4. The molecule has 16 heavy (non-hydrogen) atoms. The highest BCUT2D eigenvalue weighted by Crippen LogP contribution is 2.24. The summed E-state index contributed by atoms with van der Waals surface area (Å²) < 4.78 is 1.82. The van der Waals surface area contributed by atoms with Gasteiger partial charge in [0.2, 0.25) is 0 Å². The monoisotopic (exact) mass is 233 g/mol. The van der Waals surface area contributed by atoms with Gasteiger partial charge in [0.05, 0.1) is 12.2 Å². The molecular weight excluding hydrogens is 218 g/mol. The molecule has 2 aromatic rings. The number of nitrogens with zero attached hydrogens (tertiary/aromatic N) is 2. The zero-order valence-electron chi connectivity index (χ0n) is 9.47. The number of aryl methyl sites for hydroxylation is 1. The van der Waals surface area contributed by atoms with Crippen LogP contribution in [0.25, 0.3) is 0 Å². The second kappa shape index (κ2) is 5.07. The van der Waals surface area contributed by atoms with Gasteiger partial charge in [0.15, 0.2) is 0 Å². The van der Waals surface area contributed by atoms with Crippen molar-refractivity contribution in [3.63, 3.8) is 0 Å². The van der Waals surface area contributed by atoms with Gasteiger partial charge in [-0.3, -0.25) is 4.68 Å². The van der Waals surface area contributed by atoms with E-state index >= 15 is 0 Å². The number of para-hydroxylation sites is 1. The molecule has 0 amide bonds. The first-order valence-corrected chi connectivity index (χ1v) is 6.37. The lowest BCUT2D eigenvalue weighted by molar-refractivity contribution is 0.747.